The Bertz CT molecular complexity index is 542. The molecule has 0 atom stereocenters. The van der Waals surface area contributed by atoms with Crippen LogP contribution in [0.25, 0.3) is 11.5 Å². The van der Waals surface area contributed by atoms with Gasteiger partial charge in [0.25, 0.3) is 0 Å². The molecule has 0 radical (unpaired) electrons. The lowest BCUT2D eigenvalue weighted by atomic mass is 9.93. The summed E-state index contributed by atoms with van der Waals surface area (Å²) >= 11 is 0. The summed E-state index contributed by atoms with van der Waals surface area (Å²) in [5, 5.41) is 0. The molecule has 0 saturated heterocycles. The number of hydrogen-bond acceptors (Lipinski definition) is 3. The first-order chi connectivity index (χ1) is 8.28. The molecule has 2 aliphatic carbocycles. The molecular weight excluding hydrogens is 219 g/mol. The molecule has 0 aromatic rings. The third-order valence-electron chi connectivity index (χ3n) is 4.50. The molecule has 5 heteroatoms. The van der Waals surface area contributed by atoms with Crippen LogP contribution in [0.15, 0.2) is 12.7 Å². The fraction of sp³-hybridized carbons (Fsp3) is 0.583. The molecule has 2 fully saturated rings. The number of rotatable bonds is 1. The second-order valence-electron chi connectivity index (χ2n) is 5.32. The Kier molecular flexibility index (Phi) is 1.69. The SMILES string of the molecule is Fc1c2ncnc-2ncn1C12CCC(CC1)C2. The highest BCUT2D eigenvalue weighted by atomic mass is 19.1. The van der Waals surface area contributed by atoms with E-state index in [9.17, 15) is 4.39 Å². The van der Waals surface area contributed by atoms with E-state index in [0.717, 1.165) is 25.2 Å². The summed E-state index contributed by atoms with van der Waals surface area (Å²) in [5.41, 5.74) is 0.270. The van der Waals surface area contributed by atoms with Gasteiger partial charge in [0.2, 0.25) is 5.95 Å². The standard InChI is InChI=1S/C12H13FN4/c13-10-9-11(15-6-14-9)16-7-17(10)12-3-1-8(5-12)2-4-12/h6-8H,1-5H2. The van der Waals surface area contributed by atoms with E-state index in [4.69, 9.17) is 0 Å². The van der Waals surface area contributed by atoms with E-state index in [-0.39, 0.29) is 11.5 Å². The highest BCUT2D eigenvalue weighted by molar-refractivity contribution is 5.49. The minimum atomic E-state index is -0.268. The predicted molar refractivity (Wildman–Crippen MR) is 58.9 cm³/mol. The van der Waals surface area contributed by atoms with Crippen LogP contribution in [-0.2, 0) is 5.54 Å². The maximum atomic E-state index is 14.4. The van der Waals surface area contributed by atoms with Gasteiger partial charge in [0.15, 0.2) is 11.5 Å². The molecule has 2 bridgehead atoms. The Balaban J connectivity index is 1.91. The van der Waals surface area contributed by atoms with Gasteiger partial charge in [0.05, 0.1) is 6.33 Å². The summed E-state index contributed by atoms with van der Waals surface area (Å²) in [6, 6.07) is 0. The Hall–Kier alpha value is -1.52. The summed E-state index contributed by atoms with van der Waals surface area (Å²) in [4.78, 5) is 12.1. The zero-order chi connectivity index (χ0) is 11.5. The van der Waals surface area contributed by atoms with Crippen molar-refractivity contribution in [2.75, 3.05) is 0 Å². The van der Waals surface area contributed by atoms with Crippen molar-refractivity contribution in [2.24, 2.45) is 5.92 Å². The van der Waals surface area contributed by atoms with E-state index in [1.54, 1.807) is 10.9 Å². The molecule has 0 N–H and O–H groups in total. The van der Waals surface area contributed by atoms with Crippen molar-refractivity contribution in [3.8, 4) is 11.5 Å². The molecule has 4 rings (SSSR count). The Morgan fingerprint density at radius 1 is 1.24 bits per heavy atom. The third kappa shape index (κ3) is 1.14. The van der Waals surface area contributed by atoms with E-state index in [2.05, 4.69) is 15.0 Å². The summed E-state index contributed by atoms with van der Waals surface area (Å²) in [5.74, 6) is 0.918. The Morgan fingerprint density at radius 2 is 2.06 bits per heavy atom. The normalized spacial score (nSPS) is 31.5. The second kappa shape index (κ2) is 3.03. The Morgan fingerprint density at radius 3 is 2.76 bits per heavy atom. The fourth-order valence-electron chi connectivity index (χ4n) is 3.61. The van der Waals surface area contributed by atoms with Gasteiger partial charge in [-0.2, -0.15) is 4.39 Å². The van der Waals surface area contributed by atoms with Crippen molar-refractivity contribution < 1.29 is 4.39 Å². The maximum Gasteiger partial charge on any atom is 0.225 e. The average molecular weight is 232 g/mol. The van der Waals surface area contributed by atoms with Gasteiger partial charge in [0.1, 0.15) is 6.33 Å². The van der Waals surface area contributed by atoms with E-state index in [1.807, 2.05) is 0 Å². The number of halogens is 1. The van der Waals surface area contributed by atoms with E-state index < -0.39 is 0 Å². The lowest BCUT2D eigenvalue weighted by Crippen LogP contribution is -2.31. The quantitative estimate of drug-likeness (QED) is 0.708. The molecule has 0 unspecified atom stereocenters. The fourth-order valence-corrected chi connectivity index (χ4v) is 3.61. The van der Waals surface area contributed by atoms with Crippen molar-refractivity contribution >= 4 is 0 Å². The van der Waals surface area contributed by atoms with Crippen molar-refractivity contribution in [3.63, 3.8) is 0 Å². The maximum absolute atomic E-state index is 14.4. The largest absolute Gasteiger partial charge is 0.301 e. The Labute approximate surface area is 98.3 Å². The molecule has 2 heterocycles. The first kappa shape index (κ1) is 9.50. The molecule has 0 amide bonds. The molecule has 2 aliphatic heterocycles. The monoisotopic (exact) mass is 232 g/mol. The van der Waals surface area contributed by atoms with Crippen molar-refractivity contribution in [2.45, 2.75) is 37.6 Å². The highest BCUT2D eigenvalue weighted by Gasteiger charge is 2.47. The molecule has 0 aromatic heterocycles. The van der Waals surface area contributed by atoms with Crippen molar-refractivity contribution in [3.05, 3.63) is 18.6 Å². The van der Waals surface area contributed by atoms with E-state index in [0.29, 0.717) is 11.5 Å². The smallest absolute Gasteiger partial charge is 0.225 e. The number of hydrogen-bond donors (Lipinski definition) is 0. The molecule has 88 valence electrons. The van der Waals surface area contributed by atoms with Gasteiger partial charge in [-0.3, -0.25) is 0 Å². The molecule has 4 nitrogen and oxygen atoms in total. The van der Waals surface area contributed by atoms with Crippen LogP contribution in [0.2, 0.25) is 0 Å². The van der Waals surface area contributed by atoms with Crippen LogP contribution in [0, 0.1) is 11.9 Å². The lowest BCUT2D eigenvalue weighted by molar-refractivity contribution is 0.250. The van der Waals surface area contributed by atoms with Gasteiger partial charge in [0, 0.05) is 5.54 Å². The molecule has 17 heavy (non-hydrogen) atoms. The minimum absolute atomic E-state index is 0.0328. The van der Waals surface area contributed by atoms with Crippen LogP contribution in [0.1, 0.15) is 32.1 Å². The number of aromatic nitrogens is 4. The van der Waals surface area contributed by atoms with E-state index in [1.165, 1.54) is 19.2 Å². The molecule has 0 aromatic carbocycles. The topological polar surface area (TPSA) is 43.6 Å². The van der Waals surface area contributed by atoms with Crippen molar-refractivity contribution in [1.29, 1.82) is 0 Å². The summed E-state index contributed by atoms with van der Waals surface area (Å²) in [6.45, 7) is 0. The predicted octanol–water partition coefficient (Wildman–Crippen LogP) is 2.21. The lowest BCUT2D eigenvalue weighted by Gasteiger charge is -2.30. The summed E-state index contributed by atoms with van der Waals surface area (Å²) in [7, 11) is 0. The van der Waals surface area contributed by atoms with Crippen LogP contribution in [0.4, 0.5) is 4.39 Å². The van der Waals surface area contributed by atoms with Crippen LogP contribution in [-0.4, -0.2) is 19.5 Å². The zero-order valence-corrected chi connectivity index (χ0v) is 9.43. The highest BCUT2D eigenvalue weighted by Crippen LogP contribution is 2.52. The first-order valence-electron chi connectivity index (χ1n) is 6.13. The molecule has 4 aliphatic rings. The van der Waals surface area contributed by atoms with Gasteiger partial charge in [-0.15, -0.1) is 0 Å². The second-order valence-corrected chi connectivity index (χ2v) is 5.32. The summed E-state index contributed by atoms with van der Waals surface area (Å²) < 4.78 is 16.1. The van der Waals surface area contributed by atoms with Gasteiger partial charge >= 0.3 is 0 Å². The molecular formula is C12H13FN4. The number of imidazole rings is 1. The van der Waals surface area contributed by atoms with Crippen molar-refractivity contribution in [1.82, 2.24) is 19.5 Å². The van der Waals surface area contributed by atoms with Gasteiger partial charge in [-0.25, -0.2) is 15.0 Å². The summed E-state index contributed by atoms with van der Waals surface area (Å²) in [6.07, 6.45) is 8.65. The zero-order valence-electron chi connectivity index (χ0n) is 9.43. The van der Waals surface area contributed by atoms with Crippen LogP contribution < -0.4 is 0 Å². The average Bonchev–Trinajstić information content (AvgIpc) is 3.04. The number of fused-ring (bicyclic) bond motifs is 3. The first-order valence-corrected chi connectivity index (χ1v) is 6.13. The molecule has 2 saturated carbocycles. The van der Waals surface area contributed by atoms with Crippen LogP contribution in [0.5, 0.6) is 0 Å². The van der Waals surface area contributed by atoms with E-state index >= 15 is 0 Å². The third-order valence-corrected chi connectivity index (χ3v) is 4.50. The van der Waals surface area contributed by atoms with Crippen LogP contribution in [0.3, 0.4) is 0 Å². The van der Waals surface area contributed by atoms with Gasteiger partial charge < -0.3 is 4.57 Å². The molecule has 0 spiro atoms. The van der Waals surface area contributed by atoms with Crippen LogP contribution >= 0.6 is 0 Å². The number of nitrogens with zero attached hydrogens (tertiary/aromatic N) is 4. The van der Waals surface area contributed by atoms with Gasteiger partial charge in [-0.1, -0.05) is 0 Å². The minimum Gasteiger partial charge on any atom is -0.301 e. The van der Waals surface area contributed by atoms with Gasteiger partial charge in [-0.05, 0) is 38.0 Å².